The highest BCUT2D eigenvalue weighted by Gasteiger charge is 2.18. The van der Waals surface area contributed by atoms with E-state index in [-0.39, 0.29) is 5.78 Å². The summed E-state index contributed by atoms with van der Waals surface area (Å²) >= 11 is 0. The van der Waals surface area contributed by atoms with Crippen LogP contribution < -0.4 is 5.73 Å². The monoisotopic (exact) mass is 403 g/mol. The van der Waals surface area contributed by atoms with Crippen molar-refractivity contribution < 1.29 is 9.59 Å². The van der Waals surface area contributed by atoms with Crippen LogP contribution in [0.4, 0.5) is 0 Å². The highest BCUT2D eigenvalue weighted by molar-refractivity contribution is 6.17. The Morgan fingerprint density at radius 1 is 0.774 bits per heavy atom. The molecule has 0 aliphatic rings. The minimum absolute atomic E-state index is 0.0126. The average Bonchev–Trinajstić information content (AvgIpc) is 3.13. The number of rotatable bonds is 5. The third kappa shape index (κ3) is 3.19. The summed E-state index contributed by atoms with van der Waals surface area (Å²) < 4.78 is 2.12. The molecule has 31 heavy (non-hydrogen) atoms. The number of carbonyl (C=O) groups is 2. The number of ketones is 1. The van der Waals surface area contributed by atoms with Gasteiger partial charge in [0.15, 0.2) is 5.78 Å². The predicted molar refractivity (Wildman–Crippen MR) is 122 cm³/mol. The molecule has 0 atom stereocenters. The van der Waals surface area contributed by atoms with Gasteiger partial charge in [-0.15, -0.1) is 0 Å². The third-order valence-electron chi connectivity index (χ3n) is 5.60. The Hall–Kier alpha value is -4.18. The number of nitrogens with two attached hydrogens (primary N) is 1. The molecule has 1 aromatic heterocycles. The maximum absolute atomic E-state index is 13.2. The Morgan fingerprint density at radius 3 is 2.29 bits per heavy atom. The molecule has 0 spiro atoms. The van der Waals surface area contributed by atoms with Gasteiger partial charge in [-0.1, -0.05) is 72.8 Å². The molecule has 149 valence electrons. The normalized spacial score (nSPS) is 11.1. The number of fused-ring (bicyclic) bond motifs is 3. The van der Waals surface area contributed by atoms with Gasteiger partial charge in [0.25, 0.3) is 0 Å². The molecule has 1 amide bonds. The first-order valence-electron chi connectivity index (χ1n) is 10.0. The largest absolute Gasteiger partial charge is 0.366 e. The zero-order valence-electron chi connectivity index (χ0n) is 16.7. The molecule has 2 N–H and O–H groups in total. The van der Waals surface area contributed by atoms with E-state index in [1.165, 1.54) is 0 Å². The van der Waals surface area contributed by atoms with E-state index in [0.717, 1.165) is 27.4 Å². The third-order valence-corrected chi connectivity index (χ3v) is 5.60. The molecule has 5 rings (SSSR count). The minimum Gasteiger partial charge on any atom is -0.366 e. The molecule has 1 heterocycles. The van der Waals surface area contributed by atoms with Crippen LogP contribution in [0.1, 0.15) is 31.8 Å². The van der Waals surface area contributed by atoms with Crippen molar-refractivity contribution in [1.29, 1.82) is 0 Å². The van der Waals surface area contributed by atoms with Crippen LogP contribution in [0.2, 0.25) is 0 Å². The molecule has 0 aliphatic heterocycles. The fraction of sp³-hybridized carbons (Fsp3) is 0.0370. The summed E-state index contributed by atoms with van der Waals surface area (Å²) in [6.45, 7) is 0.481. The Labute approximate surface area is 179 Å². The van der Waals surface area contributed by atoms with Gasteiger partial charge in [-0.2, -0.15) is 0 Å². The van der Waals surface area contributed by atoms with E-state index < -0.39 is 5.91 Å². The molecule has 0 saturated heterocycles. The molecule has 0 fully saturated rings. The van der Waals surface area contributed by atoms with E-state index in [0.29, 0.717) is 23.2 Å². The second-order valence-electron chi connectivity index (χ2n) is 7.43. The Bertz CT molecular complexity index is 1450. The Balaban J connectivity index is 1.70. The predicted octanol–water partition coefficient (Wildman–Crippen LogP) is 4.97. The summed E-state index contributed by atoms with van der Waals surface area (Å²) in [5, 5.41) is 1.64. The lowest BCUT2D eigenvalue weighted by molar-refractivity contribution is 0.1000. The highest BCUT2D eigenvalue weighted by atomic mass is 16.1. The molecule has 4 aromatic carbocycles. The van der Waals surface area contributed by atoms with Gasteiger partial charge in [0.2, 0.25) is 5.91 Å². The molecule has 4 heteroatoms. The van der Waals surface area contributed by atoms with Gasteiger partial charge in [-0.25, -0.2) is 0 Å². The van der Waals surface area contributed by atoms with Crippen LogP contribution in [-0.2, 0) is 6.54 Å². The van der Waals surface area contributed by atoms with Gasteiger partial charge in [0, 0.05) is 34.0 Å². The number of benzene rings is 4. The Morgan fingerprint density at radius 2 is 1.48 bits per heavy atom. The van der Waals surface area contributed by atoms with Crippen LogP contribution in [0.5, 0.6) is 0 Å². The van der Waals surface area contributed by atoms with Crippen molar-refractivity contribution in [2.45, 2.75) is 6.54 Å². The van der Waals surface area contributed by atoms with Crippen molar-refractivity contribution in [3.05, 3.63) is 119 Å². The van der Waals surface area contributed by atoms with Crippen LogP contribution in [0.3, 0.4) is 0 Å². The molecule has 0 aliphatic carbocycles. The smallest absolute Gasteiger partial charge is 0.249 e. The maximum Gasteiger partial charge on any atom is 0.249 e. The molecular formula is C27H19N2O2. The van der Waals surface area contributed by atoms with Crippen LogP contribution in [0.25, 0.3) is 21.8 Å². The van der Waals surface area contributed by atoms with Crippen LogP contribution in [-0.4, -0.2) is 16.3 Å². The van der Waals surface area contributed by atoms with Crippen molar-refractivity contribution in [3.63, 3.8) is 0 Å². The lowest BCUT2D eigenvalue weighted by atomic mass is 9.98. The first kappa shape index (κ1) is 18.8. The molecule has 5 aromatic rings. The van der Waals surface area contributed by atoms with E-state index >= 15 is 0 Å². The van der Waals surface area contributed by atoms with Crippen molar-refractivity contribution >= 4 is 33.5 Å². The lowest BCUT2D eigenvalue weighted by Crippen LogP contribution is -2.11. The van der Waals surface area contributed by atoms with Crippen LogP contribution in [0.15, 0.2) is 91.0 Å². The van der Waals surface area contributed by atoms with E-state index in [1.54, 1.807) is 6.07 Å². The first-order chi connectivity index (χ1) is 15.1. The second-order valence-corrected chi connectivity index (χ2v) is 7.43. The van der Waals surface area contributed by atoms with Gasteiger partial charge >= 0.3 is 0 Å². The number of carbonyl (C=O) groups excluding carboxylic acids is 2. The molecule has 0 saturated carbocycles. The van der Waals surface area contributed by atoms with Crippen molar-refractivity contribution in [1.82, 2.24) is 4.57 Å². The number of nitrogens with zero attached hydrogens (tertiary/aromatic N) is 1. The number of hydrogen-bond donors (Lipinski definition) is 1. The molecule has 4 nitrogen and oxygen atoms in total. The summed E-state index contributed by atoms with van der Waals surface area (Å²) in [5.74, 6) is -0.483. The quantitative estimate of drug-likeness (QED) is 0.421. The van der Waals surface area contributed by atoms with Crippen molar-refractivity contribution in [2.75, 3.05) is 0 Å². The SMILES string of the molecule is NC(=O)c1cccc2c1c1[c]cccc1n2Cc1ccccc1C(=O)c1ccccc1. The molecular weight excluding hydrogens is 384 g/mol. The minimum atomic E-state index is -0.471. The zero-order valence-corrected chi connectivity index (χ0v) is 16.7. The van der Waals surface area contributed by atoms with Crippen molar-refractivity contribution in [2.24, 2.45) is 5.73 Å². The van der Waals surface area contributed by atoms with Crippen molar-refractivity contribution in [3.8, 4) is 0 Å². The second kappa shape index (κ2) is 7.58. The van der Waals surface area contributed by atoms with Crippen LogP contribution in [0, 0.1) is 6.07 Å². The van der Waals surface area contributed by atoms with Gasteiger partial charge in [-0.3, -0.25) is 9.59 Å². The van der Waals surface area contributed by atoms with Gasteiger partial charge < -0.3 is 10.3 Å². The summed E-state index contributed by atoms with van der Waals surface area (Å²) in [4.78, 5) is 25.3. The van der Waals surface area contributed by atoms with E-state index in [1.807, 2.05) is 84.9 Å². The first-order valence-corrected chi connectivity index (χ1v) is 10.0. The zero-order chi connectivity index (χ0) is 21.4. The van der Waals surface area contributed by atoms with Gasteiger partial charge in [0.1, 0.15) is 0 Å². The number of primary amides is 1. The topological polar surface area (TPSA) is 65.1 Å². The fourth-order valence-corrected chi connectivity index (χ4v) is 4.18. The molecule has 1 radical (unpaired) electrons. The molecule has 0 unspecified atom stereocenters. The molecule has 0 bridgehead atoms. The number of amides is 1. The number of aromatic nitrogens is 1. The maximum atomic E-state index is 13.2. The average molecular weight is 403 g/mol. The standard InChI is InChI=1S/C27H19N2O2/c28-27(31)22-14-8-16-24-25(22)21-13-6-7-15-23(21)29(24)17-19-11-4-5-12-20(19)26(30)18-9-2-1-3-10-18/h1-12,14-16H,17H2,(H2,28,31). The highest BCUT2D eigenvalue weighted by Crippen LogP contribution is 2.32. The van der Waals surface area contributed by atoms with Crippen LogP contribution >= 0.6 is 0 Å². The summed E-state index contributed by atoms with van der Waals surface area (Å²) in [6, 6.07) is 31.5. The van der Waals surface area contributed by atoms with E-state index in [4.69, 9.17) is 5.73 Å². The number of hydrogen-bond acceptors (Lipinski definition) is 2. The van der Waals surface area contributed by atoms with E-state index in [2.05, 4.69) is 10.6 Å². The lowest BCUT2D eigenvalue weighted by Gasteiger charge is -2.12. The summed E-state index contributed by atoms with van der Waals surface area (Å²) in [7, 11) is 0. The fourth-order valence-electron chi connectivity index (χ4n) is 4.18. The summed E-state index contributed by atoms with van der Waals surface area (Å²) in [6.07, 6.45) is 0. The summed E-state index contributed by atoms with van der Waals surface area (Å²) in [5.41, 5.74) is 10.2. The van der Waals surface area contributed by atoms with Gasteiger partial charge in [0.05, 0.1) is 11.0 Å². The van der Waals surface area contributed by atoms with E-state index in [9.17, 15) is 9.59 Å². The Kier molecular flexibility index (Phi) is 4.60. The van der Waals surface area contributed by atoms with Gasteiger partial charge in [-0.05, 0) is 29.8 Å².